The zero-order valence-corrected chi connectivity index (χ0v) is 10.7. The van der Waals surface area contributed by atoms with Crippen molar-refractivity contribution < 1.29 is 0 Å². The van der Waals surface area contributed by atoms with E-state index in [0.717, 1.165) is 30.6 Å². The van der Waals surface area contributed by atoms with Crippen molar-refractivity contribution in [2.45, 2.75) is 45.6 Å². The molecule has 1 fully saturated rings. The van der Waals surface area contributed by atoms with Crippen molar-refractivity contribution in [2.24, 2.45) is 13.0 Å². The standard InChI is InChI=1S/C13H23N3/c1-4-14-13(11-5-6-11)8-7-12-9-10(2)15-16(12)3/h9,11,13-14H,4-8H2,1-3H3. The van der Waals surface area contributed by atoms with Gasteiger partial charge >= 0.3 is 0 Å². The molecule has 1 atom stereocenters. The lowest BCUT2D eigenvalue weighted by atomic mass is 10.0. The molecule has 0 saturated heterocycles. The quantitative estimate of drug-likeness (QED) is 0.797. The van der Waals surface area contributed by atoms with Gasteiger partial charge in [-0.2, -0.15) is 5.10 Å². The van der Waals surface area contributed by atoms with Crippen LogP contribution in [0.5, 0.6) is 0 Å². The molecule has 2 rings (SSSR count). The Hall–Kier alpha value is -0.830. The van der Waals surface area contributed by atoms with Crippen LogP contribution in [0.2, 0.25) is 0 Å². The highest BCUT2D eigenvalue weighted by Gasteiger charge is 2.30. The lowest BCUT2D eigenvalue weighted by molar-refractivity contribution is 0.441. The minimum absolute atomic E-state index is 0.722. The van der Waals surface area contributed by atoms with E-state index in [1.54, 1.807) is 0 Å². The van der Waals surface area contributed by atoms with Crippen molar-refractivity contribution in [1.29, 1.82) is 0 Å². The van der Waals surface area contributed by atoms with E-state index >= 15 is 0 Å². The van der Waals surface area contributed by atoms with E-state index in [4.69, 9.17) is 0 Å². The molecule has 1 saturated carbocycles. The molecular formula is C13H23N3. The van der Waals surface area contributed by atoms with Gasteiger partial charge in [0, 0.05) is 18.8 Å². The number of nitrogens with zero attached hydrogens (tertiary/aromatic N) is 2. The summed E-state index contributed by atoms with van der Waals surface area (Å²) in [6.45, 7) is 5.35. The summed E-state index contributed by atoms with van der Waals surface area (Å²) in [5, 5.41) is 8.00. The zero-order valence-electron chi connectivity index (χ0n) is 10.7. The van der Waals surface area contributed by atoms with Gasteiger partial charge < -0.3 is 5.32 Å². The molecule has 1 aliphatic carbocycles. The van der Waals surface area contributed by atoms with Crippen LogP contribution in [-0.4, -0.2) is 22.4 Å². The van der Waals surface area contributed by atoms with Crippen molar-refractivity contribution in [3.63, 3.8) is 0 Å². The summed E-state index contributed by atoms with van der Waals surface area (Å²) in [4.78, 5) is 0. The summed E-state index contributed by atoms with van der Waals surface area (Å²) in [6, 6.07) is 2.93. The molecule has 0 aromatic carbocycles. The summed E-state index contributed by atoms with van der Waals surface area (Å²) in [6.07, 6.45) is 5.23. The van der Waals surface area contributed by atoms with Crippen LogP contribution in [0.1, 0.15) is 37.6 Å². The predicted molar refractivity (Wildman–Crippen MR) is 66.5 cm³/mol. The van der Waals surface area contributed by atoms with Crippen LogP contribution in [0.15, 0.2) is 6.07 Å². The van der Waals surface area contributed by atoms with Gasteiger partial charge in [0.15, 0.2) is 0 Å². The van der Waals surface area contributed by atoms with E-state index in [1.807, 2.05) is 11.7 Å². The number of hydrogen-bond acceptors (Lipinski definition) is 2. The lowest BCUT2D eigenvalue weighted by Crippen LogP contribution is -2.31. The first kappa shape index (κ1) is 11.6. The van der Waals surface area contributed by atoms with Crippen LogP contribution in [0, 0.1) is 12.8 Å². The molecule has 0 radical (unpaired) electrons. The SMILES string of the molecule is CCNC(CCc1cc(C)nn1C)C1CC1. The Morgan fingerprint density at radius 3 is 2.81 bits per heavy atom. The van der Waals surface area contributed by atoms with Crippen LogP contribution in [0.3, 0.4) is 0 Å². The monoisotopic (exact) mass is 221 g/mol. The van der Waals surface area contributed by atoms with Gasteiger partial charge in [-0.3, -0.25) is 4.68 Å². The predicted octanol–water partition coefficient (Wildman–Crippen LogP) is 2.05. The van der Waals surface area contributed by atoms with E-state index in [2.05, 4.69) is 30.3 Å². The Morgan fingerprint density at radius 1 is 1.56 bits per heavy atom. The van der Waals surface area contributed by atoms with Crippen LogP contribution < -0.4 is 5.32 Å². The average Bonchev–Trinajstić information content (AvgIpc) is 3.01. The number of aromatic nitrogens is 2. The maximum absolute atomic E-state index is 4.39. The van der Waals surface area contributed by atoms with Crippen LogP contribution in [0.25, 0.3) is 0 Å². The number of rotatable bonds is 6. The van der Waals surface area contributed by atoms with Gasteiger partial charge in [-0.05, 0) is 51.1 Å². The van der Waals surface area contributed by atoms with E-state index in [1.165, 1.54) is 25.0 Å². The first-order valence-corrected chi connectivity index (χ1v) is 6.43. The normalized spacial score (nSPS) is 17.7. The Morgan fingerprint density at radius 2 is 2.31 bits per heavy atom. The lowest BCUT2D eigenvalue weighted by Gasteiger charge is -2.16. The Balaban J connectivity index is 1.87. The second-order valence-corrected chi connectivity index (χ2v) is 4.94. The second-order valence-electron chi connectivity index (χ2n) is 4.94. The number of hydrogen-bond donors (Lipinski definition) is 1. The van der Waals surface area contributed by atoms with E-state index in [9.17, 15) is 0 Å². The molecule has 0 bridgehead atoms. The molecule has 1 aliphatic rings. The summed E-state index contributed by atoms with van der Waals surface area (Å²) in [5.74, 6) is 0.939. The van der Waals surface area contributed by atoms with Gasteiger partial charge in [-0.1, -0.05) is 6.92 Å². The summed E-state index contributed by atoms with van der Waals surface area (Å²) < 4.78 is 2.02. The third-order valence-electron chi connectivity index (χ3n) is 3.47. The summed E-state index contributed by atoms with van der Waals surface area (Å²) in [5.41, 5.74) is 2.49. The molecule has 1 heterocycles. The van der Waals surface area contributed by atoms with Gasteiger partial charge in [0.05, 0.1) is 5.69 Å². The van der Waals surface area contributed by atoms with E-state index < -0.39 is 0 Å². The molecule has 0 spiro atoms. The van der Waals surface area contributed by atoms with Crippen molar-refractivity contribution in [3.8, 4) is 0 Å². The van der Waals surface area contributed by atoms with Gasteiger partial charge in [-0.15, -0.1) is 0 Å². The maximum atomic E-state index is 4.39. The van der Waals surface area contributed by atoms with Gasteiger partial charge in [0.25, 0.3) is 0 Å². The Labute approximate surface area is 98.2 Å². The average molecular weight is 221 g/mol. The van der Waals surface area contributed by atoms with Crippen LogP contribution in [0.4, 0.5) is 0 Å². The summed E-state index contributed by atoms with van der Waals surface area (Å²) in [7, 11) is 2.04. The molecule has 1 aromatic rings. The van der Waals surface area contributed by atoms with Crippen molar-refractivity contribution in [3.05, 3.63) is 17.5 Å². The minimum atomic E-state index is 0.722. The smallest absolute Gasteiger partial charge is 0.0596 e. The molecule has 3 nitrogen and oxygen atoms in total. The van der Waals surface area contributed by atoms with Crippen LogP contribution >= 0.6 is 0 Å². The van der Waals surface area contributed by atoms with Gasteiger partial charge in [0.2, 0.25) is 0 Å². The van der Waals surface area contributed by atoms with E-state index in [-0.39, 0.29) is 0 Å². The molecular weight excluding hydrogens is 198 g/mol. The topological polar surface area (TPSA) is 29.9 Å². The zero-order chi connectivity index (χ0) is 11.5. The van der Waals surface area contributed by atoms with Gasteiger partial charge in [0.1, 0.15) is 0 Å². The molecule has 1 unspecified atom stereocenters. The molecule has 0 aliphatic heterocycles. The fraction of sp³-hybridized carbons (Fsp3) is 0.769. The molecule has 1 aromatic heterocycles. The molecule has 90 valence electrons. The fourth-order valence-corrected chi connectivity index (χ4v) is 2.47. The Bertz CT molecular complexity index is 339. The minimum Gasteiger partial charge on any atom is -0.314 e. The third kappa shape index (κ3) is 2.85. The van der Waals surface area contributed by atoms with Gasteiger partial charge in [-0.25, -0.2) is 0 Å². The Kier molecular flexibility index (Phi) is 3.64. The first-order valence-electron chi connectivity index (χ1n) is 6.43. The molecule has 0 amide bonds. The highest BCUT2D eigenvalue weighted by Crippen LogP contribution is 2.34. The first-order chi connectivity index (χ1) is 7.70. The number of nitrogens with one attached hydrogen (secondary N) is 1. The highest BCUT2D eigenvalue weighted by atomic mass is 15.3. The molecule has 16 heavy (non-hydrogen) atoms. The highest BCUT2D eigenvalue weighted by molar-refractivity contribution is 5.09. The maximum Gasteiger partial charge on any atom is 0.0596 e. The van der Waals surface area contributed by atoms with E-state index in [0.29, 0.717) is 0 Å². The summed E-state index contributed by atoms with van der Waals surface area (Å²) >= 11 is 0. The third-order valence-corrected chi connectivity index (χ3v) is 3.47. The van der Waals surface area contributed by atoms with Crippen molar-refractivity contribution in [2.75, 3.05) is 6.54 Å². The molecule has 1 N–H and O–H groups in total. The molecule has 3 heteroatoms. The largest absolute Gasteiger partial charge is 0.314 e. The second kappa shape index (κ2) is 5.00. The van der Waals surface area contributed by atoms with Crippen molar-refractivity contribution >= 4 is 0 Å². The number of aryl methyl sites for hydroxylation is 3. The fourth-order valence-electron chi connectivity index (χ4n) is 2.47. The van der Waals surface area contributed by atoms with Crippen LogP contribution in [-0.2, 0) is 13.5 Å². The van der Waals surface area contributed by atoms with Crippen molar-refractivity contribution in [1.82, 2.24) is 15.1 Å².